The standard InChI is InChI=1S/C10H13ClO3S/c1-6-4-8(15-10(6)11)9(12)7-5-13-2-3-14-7/h4,7,9,12H,2-3,5H2,1H3. The van der Waals surface area contributed by atoms with E-state index >= 15 is 0 Å². The first-order valence-corrected chi connectivity index (χ1v) is 6.01. The predicted octanol–water partition coefficient (Wildman–Crippen LogP) is 2.16. The summed E-state index contributed by atoms with van der Waals surface area (Å²) in [4.78, 5) is 0.841. The van der Waals surface area contributed by atoms with Gasteiger partial charge in [-0.2, -0.15) is 0 Å². The van der Waals surface area contributed by atoms with Gasteiger partial charge in [0.25, 0.3) is 0 Å². The fraction of sp³-hybridized carbons (Fsp3) is 0.600. The summed E-state index contributed by atoms with van der Waals surface area (Å²) in [5, 5.41) is 10.0. The third-order valence-electron chi connectivity index (χ3n) is 2.36. The fourth-order valence-corrected chi connectivity index (χ4v) is 2.76. The Morgan fingerprint density at radius 1 is 1.60 bits per heavy atom. The van der Waals surface area contributed by atoms with Crippen LogP contribution in [0.5, 0.6) is 0 Å². The van der Waals surface area contributed by atoms with Crippen LogP contribution < -0.4 is 0 Å². The maximum Gasteiger partial charge on any atom is 0.117 e. The minimum atomic E-state index is -0.638. The topological polar surface area (TPSA) is 38.7 Å². The van der Waals surface area contributed by atoms with Crippen molar-refractivity contribution < 1.29 is 14.6 Å². The molecule has 0 aromatic carbocycles. The van der Waals surface area contributed by atoms with Gasteiger partial charge in [-0.1, -0.05) is 11.6 Å². The van der Waals surface area contributed by atoms with Gasteiger partial charge in [0.15, 0.2) is 0 Å². The van der Waals surface area contributed by atoms with Gasteiger partial charge in [0.2, 0.25) is 0 Å². The molecule has 0 amide bonds. The minimum Gasteiger partial charge on any atom is -0.385 e. The number of thiophene rings is 1. The molecule has 1 aromatic heterocycles. The summed E-state index contributed by atoms with van der Waals surface area (Å²) in [5.41, 5.74) is 0.993. The van der Waals surface area contributed by atoms with Crippen LogP contribution in [0.2, 0.25) is 4.34 Å². The summed E-state index contributed by atoms with van der Waals surface area (Å²) < 4.78 is 11.4. The van der Waals surface area contributed by atoms with Crippen molar-refractivity contribution in [2.75, 3.05) is 19.8 Å². The second-order valence-corrected chi connectivity index (χ2v) is 5.22. The van der Waals surface area contributed by atoms with Crippen molar-refractivity contribution in [3.05, 3.63) is 20.8 Å². The molecule has 1 saturated heterocycles. The number of halogens is 1. The lowest BCUT2D eigenvalue weighted by molar-refractivity contribution is -0.132. The van der Waals surface area contributed by atoms with Crippen LogP contribution in [0, 0.1) is 6.92 Å². The SMILES string of the molecule is Cc1cc(C(O)C2COCCO2)sc1Cl. The van der Waals surface area contributed by atoms with Gasteiger partial charge in [-0.15, -0.1) is 11.3 Å². The molecule has 1 aliphatic heterocycles. The summed E-state index contributed by atoms with van der Waals surface area (Å²) >= 11 is 7.34. The second kappa shape index (κ2) is 4.80. The molecule has 84 valence electrons. The number of aliphatic hydroxyl groups excluding tert-OH is 1. The van der Waals surface area contributed by atoms with Crippen molar-refractivity contribution in [3.8, 4) is 0 Å². The van der Waals surface area contributed by atoms with Crippen LogP contribution in [0.25, 0.3) is 0 Å². The van der Waals surface area contributed by atoms with Crippen LogP contribution in [0.15, 0.2) is 6.07 Å². The molecule has 3 nitrogen and oxygen atoms in total. The first-order valence-electron chi connectivity index (χ1n) is 4.81. The van der Waals surface area contributed by atoms with E-state index in [9.17, 15) is 5.11 Å². The van der Waals surface area contributed by atoms with Crippen LogP contribution in [0.1, 0.15) is 16.5 Å². The first-order chi connectivity index (χ1) is 7.18. The monoisotopic (exact) mass is 248 g/mol. The maximum absolute atomic E-state index is 10.0. The van der Waals surface area contributed by atoms with Gasteiger partial charge < -0.3 is 14.6 Å². The lowest BCUT2D eigenvalue weighted by Gasteiger charge is -2.26. The molecule has 0 radical (unpaired) electrons. The highest BCUT2D eigenvalue weighted by molar-refractivity contribution is 7.16. The molecule has 0 aliphatic carbocycles. The average Bonchev–Trinajstić information content (AvgIpc) is 2.59. The Labute approximate surface area is 97.6 Å². The molecule has 15 heavy (non-hydrogen) atoms. The molecule has 1 aliphatic rings. The molecule has 1 N–H and O–H groups in total. The van der Waals surface area contributed by atoms with Crippen LogP contribution in [0.3, 0.4) is 0 Å². The van der Waals surface area contributed by atoms with Gasteiger partial charge in [0.05, 0.1) is 24.2 Å². The largest absolute Gasteiger partial charge is 0.385 e. The van der Waals surface area contributed by atoms with Crippen molar-refractivity contribution in [1.29, 1.82) is 0 Å². The van der Waals surface area contributed by atoms with Crippen molar-refractivity contribution in [2.45, 2.75) is 19.1 Å². The molecule has 1 fully saturated rings. The van der Waals surface area contributed by atoms with E-state index in [2.05, 4.69) is 0 Å². The van der Waals surface area contributed by atoms with Gasteiger partial charge in [-0.05, 0) is 18.6 Å². The molecule has 2 unspecified atom stereocenters. The van der Waals surface area contributed by atoms with E-state index in [1.165, 1.54) is 11.3 Å². The van der Waals surface area contributed by atoms with Crippen LogP contribution in [0.4, 0.5) is 0 Å². The zero-order valence-corrected chi connectivity index (χ0v) is 9.98. The molecular weight excluding hydrogens is 236 g/mol. The summed E-state index contributed by atoms with van der Waals surface area (Å²) in [6, 6.07) is 1.90. The third-order valence-corrected chi connectivity index (χ3v) is 3.99. The maximum atomic E-state index is 10.0. The van der Waals surface area contributed by atoms with E-state index in [0.29, 0.717) is 19.8 Å². The summed E-state index contributed by atoms with van der Waals surface area (Å²) in [6.07, 6.45) is -0.908. The van der Waals surface area contributed by atoms with Gasteiger partial charge in [-0.25, -0.2) is 0 Å². The molecule has 2 atom stereocenters. The Morgan fingerprint density at radius 2 is 2.40 bits per heavy atom. The third kappa shape index (κ3) is 2.52. The normalized spacial score (nSPS) is 24.1. The van der Waals surface area contributed by atoms with E-state index in [1.807, 2.05) is 13.0 Å². The van der Waals surface area contributed by atoms with Crippen molar-refractivity contribution in [3.63, 3.8) is 0 Å². The Morgan fingerprint density at radius 3 is 2.93 bits per heavy atom. The minimum absolute atomic E-state index is 0.270. The fourth-order valence-electron chi connectivity index (χ4n) is 1.50. The van der Waals surface area contributed by atoms with E-state index in [1.54, 1.807) is 0 Å². The summed E-state index contributed by atoms with van der Waals surface area (Å²) in [7, 11) is 0. The van der Waals surface area contributed by atoms with Gasteiger partial charge in [0, 0.05) is 4.88 Å². The molecule has 0 saturated carbocycles. The van der Waals surface area contributed by atoms with Gasteiger partial charge in [-0.3, -0.25) is 0 Å². The lowest BCUT2D eigenvalue weighted by Crippen LogP contribution is -2.33. The zero-order valence-electron chi connectivity index (χ0n) is 8.40. The first kappa shape index (κ1) is 11.4. The number of hydrogen-bond acceptors (Lipinski definition) is 4. The molecule has 0 bridgehead atoms. The quantitative estimate of drug-likeness (QED) is 0.872. The van der Waals surface area contributed by atoms with Gasteiger partial charge in [0.1, 0.15) is 12.2 Å². The molecule has 1 aromatic rings. The predicted molar refractivity (Wildman–Crippen MR) is 59.6 cm³/mol. The van der Waals surface area contributed by atoms with Crippen molar-refractivity contribution >= 4 is 22.9 Å². The molecular formula is C10H13ClO3S. The summed E-state index contributed by atoms with van der Waals surface area (Å²) in [5.74, 6) is 0. The van der Waals surface area contributed by atoms with E-state index < -0.39 is 6.10 Å². The zero-order chi connectivity index (χ0) is 10.8. The highest BCUT2D eigenvalue weighted by Gasteiger charge is 2.26. The Balaban J connectivity index is 2.08. The number of aliphatic hydroxyl groups is 1. The molecule has 2 heterocycles. The van der Waals surface area contributed by atoms with Gasteiger partial charge >= 0.3 is 0 Å². The number of ether oxygens (including phenoxy) is 2. The molecule has 5 heteroatoms. The number of aryl methyl sites for hydroxylation is 1. The Kier molecular flexibility index (Phi) is 3.64. The van der Waals surface area contributed by atoms with Crippen molar-refractivity contribution in [2.24, 2.45) is 0 Å². The highest BCUT2D eigenvalue weighted by atomic mass is 35.5. The van der Waals surface area contributed by atoms with E-state index in [-0.39, 0.29) is 6.10 Å². The van der Waals surface area contributed by atoms with Crippen molar-refractivity contribution in [1.82, 2.24) is 0 Å². The smallest absolute Gasteiger partial charge is 0.117 e. The Bertz CT molecular complexity index is 314. The molecule has 0 spiro atoms. The highest BCUT2D eigenvalue weighted by Crippen LogP contribution is 2.33. The Hall–Kier alpha value is -0.130. The summed E-state index contributed by atoms with van der Waals surface area (Å²) in [6.45, 7) is 3.51. The average molecular weight is 249 g/mol. The van der Waals surface area contributed by atoms with Crippen LogP contribution in [-0.2, 0) is 9.47 Å². The van der Waals surface area contributed by atoms with Crippen LogP contribution >= 0.6 is 22.9 Å². The van der Waals surface area contributed by atoms with Crippen LogP contribution in [-0.4, -0.2) is 31.0 Å². The second-order valence-electron chi connectivity index (χ2n) is 3.53. The lowest BCUT2D eigenvalue weighted by atomic mass is 10.1. The number of rotatable bonds is 2. The van der Waals surface area contributed by atoms with E-state index in [0.717, 1.165) is 14.8 Å². The van der Waals surface area contributed by atoms with E-state index in [4.69, 9.17) is 21.1 Å². The number of hydrogen-bond donors (Lipinski definition) is 1. The molecule has 2 rings (SSSR count).